The van der Waals surface area contributed by atoms with Crippen molar-refractivity contribution < 1.29 is 19.4 Å². The van der Waals surface area contributed by atoms with Gasteiger partial charge in [0.2, 0.25) is 0 Å². The standard InChI is InChI=1S/C41H60O4/c1-26(2)27(3)10-11-28(4)30-14-16-34-38(30,7)22-23-41-25-40(41)21-19-35(37(5,6)33(40)18-20-39(34,41)8)45-36(43)17-13-29-12-15-31(42)32(24-29)44-9/h12-13,15,17,24,26,28,30,33-35,42H,3,10-11,14,16,18-23,25H2,1-2,4-9H3/b17-13+/t28-,30-,33+,34?,35+,38-,39+,40-,41+/m0/s1. The number of esters is 1. The topological polar surface area (TPSA) is 55.8 Å². The molecule has 45 heavy (non-hydrogen) atoms. The number of phenols is 1. The van der Waals surface area contributed by atoms with E-state index in [0.29, 0.717) is 39.2 Å². The fourth-order valence-electron chi connectivity index (χ4n) is 12.7. The number of ether oxygens (including phenoxy) is 2. The molecule has 4 nitrogen and oxygen atoms in total. The van der Waals surface area contributed by atoms with Crippen LogP contribution in [0.5, 0.6) is 11.5 Å². The minimum atomic E-state index is -0.279. The van der Waals surface area contributed by atoms with Crippen LogP contribution in [0.15, 0.2) is 36.4 Å². The van der Waals surface area contributed by atoms with Crippen molar-refractivity contribution >= 4 is 12.0 Å². The number of methoxy groups -OCH3 is 1. The van der Waals surface area contributed by atoms with E-state index in [9.17, 15) is 9.90 Å². The molecule has 5 aliphatic carbocycles. The highest BCUT2D eigenvalue weighted by atomic mass is 16.5. The largest absolute Gasteiger partial charge is 0.504 e. The summed E-state index contributed by atoms with van der Waals surface area (Å²) in [4.78, 5) is 13.1. The Labute approximate surface area is 273 Å². The highest BCUT2D eigenvalue weighted by Crippen LogP contribution is 2.90. The molecule has 0 aliphatic heterocycles. The minimum absolute atomic E-state index is 0.0410. The molecule has 6 rings (SSSR count). The lowest BCUT2D eigenvalue weighted by Gasteiger charge is -2.64. The van der Waals surface area contributed by atoms with Crippen LogP contribution in [0.25, 0.3) is 6.08 Å². The Balaban J connectivity index is 1.15. The summed E-state index contributed by atoms with van der Waals surface area (Å²) in [6, 6.07) is 5.08. The average Bonchev–Trinajstić information content (AvgIpc) is 3.53. The minimum Gasteiger partial charge on any atom is -0.504 e. The molecule has 248 valence electrons. The first-order valence-electron chi connectivity index (χ1n) is 18.1. The zero-order valence-electron chi connectivity index (χ0n) is 29.5. The van der Waals surface area contributed by atoms with E-state index in [2.05, 4.69) is 55.0 Å². The van der Waals surface area contributed by atoms with Gasteiger partial charge in [0.05, 0.1) is 7.11 Å². The molecule has 2 spiro atoms. The molecule has 5 aliphatic rings. The second-order valence-corrected chi connectivity index (χ2v) is 17.5. The molecular weight excluding hydrogens is 556 g/mol. The van der Waals surface area contributed by atoms with Crippen molar-refractivity contribution in [3.63, 3.8) is 0 Å². The quantitative estimate of drug-likeness (QED) is 0.170. The lowest BCUT2D eigenvalue weighted by atomic mass is 9.41. The summed E-state index contributed by atoms with van der Waals surface area (Å²) in [6.07, 6.45) is 17.5. The lowest BCUT2D eigenvalue weighted by molar-refractivity contribution is -0.185. The van der Waals surface area contributed by atoms with E-state index >= 15 is 0 Å². The summed E-state index contributed by atoms with van der Waals surface area (Å²) in [6.45, 7) is 21.7. The van der Waals surface area contributed by atoms with Gasteiger partial charge in [-0.25, -0.2) is 4.79 Å². The van der Waals surface area contributed by atoms with E-state index in [4.69, 9.17) is 9.47 Å². The molecule has 0 amide bonds. The van der Waals surface area contributed by atoms with Gasteiger partial charge in [-0.1, -0.05) is 66.7 Å². The Bertz CT molecular complexity index is 1360. The number of rotatable bonds is 9. The van der Waals surface area contributed by atoms with Gasteiger partial charge in [0.15, 0.2) is 11.5 Å². The molecule has 5 fully saturated rings. The third kappa shape index (κ3) is 4.85. The third-order valence-electron chi connectivity index (χ3n) is 15.3. The lowest BCUT2D eigenvalue weighted by Crippen LogP contribution is -2.58. The summed E-state index contributed by atoms with van der Waals surface area (Å²) < 4.78 is 11.5. The molecule has 0 radical (unpaired) electrons. The molecule has 0 saturated heterocycles. The fraction of sp³-hybridized carbons (Fsp3) is 0.732. The van der Waals surface area contributed by atoms with Crippen molar-refractivity contribution in [1.82, 2.24) is 0 Å². The summed E-state index contributed by atoms with van der Waals surface area (Å²) in [5.74, 6) is 3.85. The van der Waals surface area contributed by atoms with E-state index < -0.39 is 0 Å². The first-order chi connectivity index (χ1) is 21.1. The predicted octanol–water partition coefficient (Wildman–Crippen LogP) is 10.4. The van der Waals surface area contributed by atoms with E-state index in [1.165, 1.54) is 83.0 Å². The number of aromatic hydroxyl groups is 1. The van der Waals surface area contributed by atoms with Crippen LogP contribution in [0, 0.1) is 56.7 Å². The number of hydrogen-bond acceptors (Lipinski definition) is 4. The monoisotopic (exact) mass is 616 g/mol. The van der Waals surface area contributed by atoms with Gasteiger partial charge in [0, 0.05) is 11.5 Å². The molecule has 1 N–H and O–H groups in total. The normalized spacial score (nSPS) is 40.2. The van der Waals surface area contributed by atoms with Crippen molar-refractivity contribution in [1.29, 1.82) is 0 Å². The maximum atomic E-state index is 13.1. The number of phenolic OH excluding ortho intramolecular Hbond substituents is 1. The molecule has 4 heteroatoms. The van der Waals surface area contributed by atoms with Crippen LogP contribution >= 0.6 is 0 Å². The molecule has 0 bridgehead atoms. The molecular formula is C41H60O4. The number of benzene rings is 1. The maximum absolute atomic E-state index is 13.1. The Morgan fingerprint density at radius 1 is 1.02 bits per heavy atom. The molecule has 5 saturated carbocycles. The molecule has 0 aromatic heterocycles. The van der Waals surface area contributed by atoms with Crippen molar-refractivity contribution in [3.8, 4) is 11.5 Å². The zero-order valence-corrected chi connectivity index (χ0v) is 29.5. The Morgan fingerprint density at radius 3 is 2.49 bits per heavy atom. The smallest absolute Gasteiger partial charge is 0.331 e. The Kier molecular flexibility index (Phi) is 8.13. The van der Waals surface area contributed by atoms with Gasteiger partial charge in [-0.15, -0.1) is 0 Å². The van der Waals surface area contributed by atoms with Gasteiger partial charge < -0.3 is 14.6 Å². The summed E-state index contributed by atoms with van der Waals surface area (Å²) >= 11 is 0. The van der Waals surface area contributed by atoms with Crippen LogP contribution in [-0.2, 0) is 9.53 Å². The van der Waals surface area contributed by atoms with Gasteiger partial charge in [0.25, 0.3) is 0 Å². The highest BCUT2D eigenvalue weighted by Gasteiger charge is 2.83. The van der Waals surface area contributed by atoms with Crippen LogP contribution < -0.4 is 4.74 Å². The van der Waals surface area contributed by atoms with Crippen LogP contribution in [-0.4, -0.2) is 24.3 Å². The van der Waals surface area contributed by atoms with Crippen LogP contribution in [0.1, 0.15) is 125 Å². The van der Waals surface area contributed by atoms with Crippen LogP contribution in [0.4, 0.5) is 0 Å². The van der Waals surface area contributed by atoms with Crippen molar-refractivity contribution in [3.05, 3.63) is 42.0 Å². The summed E-state index contributed by atoms with van der Waals surface area (Å²) in [7, 11) is 1.52. The van der Waals surface area contributed by atoms with Gasteiger partial charge in [-0.2, -0.15) is 0 Å². The van der Waals surface area contributed by atoms with Crippen molar-refractivity contribution in [2.75, 3.05) is 7.11 Å². The first kappa shape index (κ1) is 32.7. The molecule has 0 heterocycles. The fourth-order valence-corrected chi connectivity index (χ4v) is 12.7. The van der Waals surface area contributed by atoms with Gasteiger partial charge >= 0.3 is 5.97 Å². The van der Waals surface area contributed by atoms with Gasteiger partial charge in [0.1, 0.15) is 6.10 Å². The number of fused-ring (bicyclic) bond motifs is 2. The number of allylic oxidation sites excluding steroid dienone is 1. The zero-order chi connectivity index (χ0) is 32.6. The predicted molar refractivity (Wildman–Crippen MR) is 183 cm³/mol. The van der Waals surface area contributed by atoms with E-state index in [0.717, 1.165) is 29.7 Å². The van der Waals surface area contributed by atoms with E-state index in [1.807, 2.05) is 0 Å². The number of carbonyl (C=O) groups is 1. The maximum Gasteiger partial charge on any atom is 0.331 e. The first-order valence-corrected chi connectivity index (χ1v) is 18.1. The van der Waals surface area contributed by atoms with Crippen molar-refractivity contribution in [2.24, 2.45) is 56.7 Å². The molecule has 1 aromatic rings. The molecule has 9 atom stereocenters. The highest BCUT2D eigenvalue weighted by molar-refractivity contribution is 5.87. The molecule has 1 aromatic carbocycles. The Morgan fingerprint density at radius 2 is 1.78 bits per heavy atom. The van der Waals surface area contributed by atoms with Gasteiger partial charge in [-0.05, 0) is 146 Å². The van der Waals surface area contributed by atoms with E-state index in [-0.39, 0.29) is 23.2 Å². The summed E-state index contributed by atoms with van der Waals surface area (Å²) in [5, 5.41) is 9.89. The van der Waals surface area contributed by atoms with E-state index in [1.54, 1.807) is 24.3 Å². The average molecular weight is 617 g/mol. The van der Waals surface area contributed by atoms with Crippen LogP contribution in [0.2, 0.25) is 0 Å². The number of hydrogen-bond donors (Lipinski definition) is 1. The Hall–Kier alpha value is -2.23. The third-order valence-corrected chi connectivity index (χ3v) is 15.3. The second kappa shape index (κ2) is 11.2. The van der Waals surface area contributed by atoms with Crippen LogP contribution in [0.3, 0.4) is 0 Å². The van der Waals surface area contributed by atoms with Crippen molar-refractivity contribution in [2.45, 2.75) is 125 Å². The summed E-state index contributed by atoms with van der Waals surface area (Å²) in [5.41, 5.74) is 3.97. The number of carbonyl (C=O) groups excluding carboxylic acids is 1. The second-order valence-electron chi connectivity index (χ2n) is 17.5. The van der Waals surface area contributed by atoms with Gasteiger partial charge in [-0.3, -0.25) is 0 Å². The molecule has 1 unspecified atom stereocenters. The SMILES string of the molecule is C=C(CC[C@H](C)[C@@H]1CCC2[C@@]1(C)CC[C@]13C[C@]14CC[C@@H](OC(=O)/C=C/c1ccc(O)c(OC)c1)C(C)(C)[C@H]4CC[C@]23C)C(C)C.